The monoisotopic (exact) mass is 431 g/mol. The third-order valence-electron chi connectivity index (χ3n) is 5.29. The zero-order chi connectivity index (χ0) is 22.5. The molecule has 0 unspecified atom stereocenters. The zero-order valence-electron chi connectivity index (χ0n) is 19.0. The normalized spacial score (nSPS) is 20.4. The number of aliphatic imine (C=N–C) groups is 1. The van der Waals surface area contributed by atoms with Crippen LogP contribution in [-0.4, -0.2) is 50.3 Å². The number of ether oxygens (including phenoxy) is 1. The molecule has 2 rings (SSSR count). The second-order valence-electron chi connectivity index (χ2n) is 9.00. The summed E-state index contributed by atoms with van der Waals surface area (Å²) in [7, 11) is 2.07. The molecule has 1 aromatic rings. The third kappa shape index (κ3) is 6.44. The van der Waals surface area contributed by atoms with Gasteiger partial charge in [-0.2, -0.15) is 0 Å². The summed E-state index contributed by atoms with van der Waals surface area (Å²) >= 11 is 6.04. The van der Waals surface area contributed by atoms with Crippen LogP contribution in [0.15, 0.2) is 52.4 Å². The highest BCUT2D eigenvalue weighted by Crippen LogP contribution is 2.29. The number of rotatable bonds is 8. The van der Waals surface area contributed by atoms with E-state index >= 15 is 0 Å². The van der Waals surface area contributed by atoms with E-state index in [0.717, 1.165) is 24.2 Å². The molecule has 1 aromatic carbocycles. The maximum atomic E-state index is 13.1. The lowest BCUT2D eigenvalue weighted by Gasteiger charge is -2.28. The molecule has 1 heterocycles. The predicted molar refractivity (Wildman–Crippen MR) is 125 cm³/mol. The molecule has 1 aliphatic rings. The van der Waals surface area contributed by atoms with E-state index in [1.165, 1.54) is 5.56 Å². The summed E-state index contributed by atoms with van der Waals surface area (Å²) in [5.41, 5.74) is 2.50. The van der Waals surface area contributed by atoms with E-state index in [9.17, 15) is 4.79 Å². The zero-order valence-corrected chi connectivity index (χ0v) is 19.7. The number of halogens is 1. The Morgan fingerprint density at radius 3 is 2.50 bits per heavy atom. The lowest BCUT2D eigenvalue weighted by atomic mass is 9.90. The Labute approximate surface area is 185 Å². The van der Waals surface area contributed by atoms with Crippen LogP contribution in [0.2, 0.25) is 5.02 Å². The van der Waals surface area contributed by atoms with Gasteiger partial charge >= 0.3 is 0 Å². The summed E-state index contributed by atoms with van der Waals surface area (Å²) in [6.07, 6.45) is 1.99. The van der Waals surface area contributed by atoms with Crippen LogP contribution >= 0.6 is 11.6 Å². The second kappa shape index (κ2) is 10.3. The van der Waals surface area contributed by atoms with Crippen molar-refractivity contribution < 1.29 is 9.53 Å². The maximum absolute atomic E-state index is 13.1. The molecule has 5 nitrogen and oxygen atoms in total. The fourth-order valence-electron chi connectivity index (χ4n) is 3.65. The number of nitrogens with zero attached hydrogens (tertiary/aromatic N) is 2. The van der Waals surface area contributed by atoms with Gasteiger partial charge in [0.2, 0.25) is 11.8 Å². The molecule has 6 heteroatoms. The predicted octanol–water partition coefficient (Wildman–Crippen LogP) is 4.79. The number of carbonyl (C=O) groups excluding carboxylic acids is 1. The van der Waals surface area contributed by atoms with Gasteiger partial charge in [0, 0.05) is 35.6 Å². The van der Waals surface area contributed by atoms with E-state index < -0.39 is 5.41 Å². The minimum Gasteiger partial charge on any atom is -0.476 e. The second-order valence-corrected chi connectivity index (χ2v) is 9.44. The smallest absolute Gasteiger partial charge is 0.229 e. The molecule has 1 aliphatic heterocycles. The van der Waals surface area contributed by atoms with Crippen molar-refractivity contribution in [3.05, 3.63) is 58.0 Å². The Kier molecular flexibility index (Phi) is 8.27. The molecule has 0 spiro atoms. The van der Waals surface area contributed by atoms with Crippen LogP contribution in [-0.2, 0) is 9.53 Å². The van der Waals surface area contributed by atoms with E-state index in [2.05, 4.69) is 29.0 Å². The van der Waals surface area contributed by atoms with Crippen molar-refractivity contribution in [2.75, 3.05) is 26.7 Å². The first-order valence-electron chi connectivity index (χ1n) is 10.2. The Balaban J connectivity index is 2.07. The summed E-state index contributed by atoms with van der Waals surface area (Å²) in [5.74, 6) is 0.639. The molecule has 0 radical (unpaired) electrons. The molecule has 0 aromatic heterocycles. The van der Waals surface area contributed by atoms with E-state index in [-0.39, 0.29) is 24.5 Å². The lowest BCUT2D eigenvalue weighted by molar-refractivity contribution is -0.132. The molecular formula is C24H34ClN3O2. The molecule has 1 amide bonds. The quantitative estimate of drug-likeness (QED) is 0.365. The molecule has 30 heavy (non-hydrogen) atoms. The number of likely N-dealkylation sites (tertiary alicyclic amines) is 1. The standard InChI is InChI=1S/C24H34ClN3O2/c1-16(2)12-17(3)22(26-6)30-15-24(4,5)23(29)27-21-14-28(7)13-20(21)18-8-10-19(25)11-9-18/h8-12,20-21H,6,13-15H2,1-5,7H3,(H,27,29)/b22-17+/t20-,21+/m0/s1. The summed E-state index contributed by atoms with van der Waals surface area (Å²) < 4.78 is 5.87. The third-order valence-corrected chi connectivity index (χ3v) is 5.54. The van der Waals surface area contributed by atoms with E-state index in [4.69, 9.17) is 16.3 Å². The number of allylic oxidation sites excluding steroid dienone is 3. The molecule has 0 saturated carbocycles. The molecular weight excluding hydrogens is 398 g/mol. The van der Waals surface area contributed by atoms with Crippen molar-refractivity contribution in [1.82, 2.24) is 10.2 Å². The van der Waals surface area contributed by atoms with Crippen LogP contribution in [0.1, 0.15) is 46.1 Å². The first-order valence-corrected chi connectivity index (χ1v) is 10.6. The van der Waals surface area contributed by atoms with Crippen LogP contribution in [0.5, 0.6) is 0 Å². The molecule has 1 fully saturated rings. The van der Waals surface area contributed by atoms with Gasteiger partial charge in [-0.05, 0) is 66.1 Å². The molecule has 164 valence electrons. The fourth-order valence-corrected chi connectivity index (χ4v) is 3.78. The molecule has 2 atom stereocenters. The molecule has 1 N–H and O–H groups in total. The first kappa shape index (κ1) is 24.2. The number of benzene rings is 1. The van der Waals surface area contributed by atoms with Gasteiger partial charge in [-0.15, -0.1) is 0 Å². The number of hydrogen-bond acceptors (Lipinski definition) is 4. The average molecular weight is 432 g/mol. The minimum atomic E-state index is -0.715. The van der Waals surface area contributed by atoms with Crippen molar-refractivity contribution >= 4 is 24.2 Å². The average Bonchev–Trinajstić information content (AvgIpc) is 3.02. The highest BCUT2D eigenvalue weighted by molar-refractivity contribution is 6.30. The summed E-state index contributed by atoms with van der Waals surface area (Å²) in [6.45, 7) is 15.2. The van der Waals surface area contributed by atoms with E-state index in [0.29, 0.717) is 10.9 Å². The number of amides is 1. The van der Waals surface area contributed by atoms with Crippen LogP contribution in [0.25, 0.3) is 0 Å². The van der Waals surface area contributed by atoms with E-state index in [1.54, 1.807) is 0 Å². The van der Waals surface area contributed by atoms with Crippen LogP contribution in [0.4, 0.5) is 0 Å². The Bertz CT molecular complexity index is 823. The van der Waals surface area contributed by atoms with Crippen molar-refractivity contribution in [2.45, 2.75) is 46.6 Å². The number of hydrogen-bond donors (Lipinski definition) is 1. The van der Waals surface area contributed by atoms with Gasteiger partial charge in [0.1, 0.15) is 6.61 Å². The number of carbonyl (C=O) groups is 1. The van der Waals surface area contributed by atoms with Gasteiger partial charge in [-0.1, -0.05) is 35.4 Å². The summed E-state index contributed by atoms with van der Waals surface area (Å²) in [4.78, 5) is 19.3. The van der Waals surface area contributed by atoms with Crippen molar-refractivity contribution in [1.29, 1.82) is 0 Å². The summed E-state index contributed by atoms with van der Waals surface area (Å²) in [5, 5.41) is 3.96. The molecule has 0 aliphatic carbocycles. The SMILES string of the molecule is C=N/C(OCC(C)(C)C(=O)N[C@@H]1CN(C)C[C@H]1c1ccc(Cl)cc1)=C(/C)C=C(C)C. The molecule has 1 saturated heterocycles. The highest BCUT2D eigenvalue weighted by Gasteiger charge is 2.37. The van der Waals surface area contributed by atoms with Crippen molar-refractivity contribution in [3.63, 3.8) is 0 Å². The fraction of sp³-hybridized carbons (Fsp3) is 0.500. The number of nitrogens with one attached hydrogen (secondary N) is 1. The van der Waals surface area contributed by atoms with Gasteiger partial charge in [0.25, 0.3) is 0 Å². The minimum absolute atomic E-state index is 0.0305. The topological polar surface area (TPSA) is 53.9 Å². The van der Waals surface area contributed by atoms with Crippen molar-refractivity contribution in [3.8, 4) is 0 Å². The van der Waals surface area contributed by atoms with Crippen LogP contribution < -0.4 is 5.32 Å². The largest absolute Gasteiger partial charge is 0.476 e. The highest BCUT2D eigenvalue weighted by atomic mass is 35.5. The molecule has 0 bridgehead atoms. The van der Waals surface area contributed by atoms with Gasteiger partial charge in [-0.25, -0.2) is 4.99 Å². The first-order chi connectivity index (χ1) is 14.0. The van der Waals surface area contributed by atoms with Gasteiger partial charge in [0.15, 0.2) is 0 Å². The Morgan fingerprint density at radius 2 is 1.93 bits per heavy atom. The van der Waals surface area contributed by atoms with Crippen molar-refractivity contribution in [2.24, 2.45) is 10.4 Å². The van der Waals surface area contributed by atoms with E-state index in [1.807, 2.05) is 65.0 Å². The van der Waals surface area contributed by atoms with Gasteiger partial charge in [-0.3, -0.25) is 4.79 Å². The van der Waals surface area contributed by atoms with Gasteiger partial charge in [0.05, 0.1) is 5.41 Å². The summed E-state index contributed by atoms with van der Waals surface area (Å²) in [6, 6.07) is 7.91. The van der Waals surface area contributed by atoms with Crippen LogP contribution in [0, 0.1) is 5.41 Å². The Morgan fingerprint density at radius 1 is 1.30 bits per heavy atom. The lowest BCUT2D eigenvalue weighted by Crippen LogP contribution is -2.47. The Hall–Kier alpha value is -2.11. The van der Waals surface area contributed by atoms with Gasteiger partial charge < -0.3 is 15.0 Å². The van der Waals surface area contributed by atoms with Crippen LogP contribution in [0.3, 0.4) is 0 Å². The maximum Gasteiger partial charge on any atom is 0.229 e. The number of likely N-dealkylation sites (N-methyl/N-ethyl adjacent to an activating group) is 1.